The number of nitrogens with two attached hydrogens (primary N) is 1. The molecule has 1 aliphatic carbocycles. The largest absolute Gasteiger partial charge is 0.342 e. The van der Waals surface area contributed by atoms with E-state index in [2.05, 4.69) is 6.92 Å². The van der Waals surface area contributed by atoms with Gasteiger partial charge in [-0.25, -0.2) is 0 Å². The molecule has 1 amide bonds. The van der Waals surface area contributed by atoms with Crippen LogP contribution in [-0.2, 0) is 4.79 Å². The summed E-state index contributed by atoms with van der Waals surface area (Å²) in [5.41, 5.74) is 6.88. The molecule has 1 aromatic carbocycles. The van der Waals surface area contributed by atoms with E-state index in [4.69, 9.17) is 5.73 Å². The highest BCUT2D eigenvalue weighted by Crippen LogP contribution is 2.29. The molecule has 110 valence electrons. The first kappa shape index (κ1) is 15.0. The number of hydrogen-bond donors (Lipinski definition) is 1. The zero-order valence-electron chi connectivity index (χ0n) is 12.6. The third kappa shape index (κ3) is 3.21. The van der Waals surface area contributed by atoms with Gasteiger partial charge in [0.25, 0.3) is 0 Å². The molecule has 0 radical (unpaired) electrons. The monoisotopic (exact) mass is 274 g/mol. The van der Waals surface area contributed by atoms with Gasteiger partial charge in [0.2, 0.25) is 5.91 Å². The molecule has 0 aliphatic heterocycles. The average Bonchev–Trinajstić information content (AvgIpc) is 2.49. The van der Waals surface area contributed by atoms with E-state index in [9.17, 15) is 4.79 Å². The standard InChI is InChI=1S/C17H26N2O/c1-13-8-6-7-11-16(13)19(2)17(20)15(12-18)14-9-4-3-5-10-14/h3-5,9-10,13,15-16H,6-8,11-12,18H2,1-2H3. The van der Waals surface area contributed by atoms with Crippen molar-refractivity contribution in [2.75, 3.05) is 13.6 Å². The van der Waals surface area contributed by atoms with E-state index in [0.29, 0.717) is 18.5 Å². The fourth-order valence-electron chi connectivity index (χ4n) is 3.35. The van der Waals surface area contributed by atoms with Gasteiger partial charge in [-0.3, -0.25) is 4.79 Å². The smallest absolute Gasteiger partial charge is 0.231 e. The van der Waals surface area contributed by atoms with Crippen molar-refractivity contribution >= 4 is 5.91 Å². The van der Waals surface area contributed by atoms with Crippen LogP contribution in [0.15, 0.2) is 30.3 Å². The summed E-state index contributed by atoms with van der Waals surface area (Å²) in [7, 11) is 1.94. The summed E-state index contributed by atoms with van der Waals surface area (Å²) in [6.45, 7) is 2.63. The molecule has 0 heterocycles. The summed E-state index contributed by atoms with van der Waals surface area (Å²) in [5.74, 6) is 0.541. The highest BCUT2D eigenvalue weighted by molar-refractivity contribution is 5.84. The molecule has 0 aromatic heterocycles. The molecule has 1 aliphatic rings. The highest BCUT2D eigenvalue weighted by Gasteiger charge is 2.31. The summed E-state index contributed by atoms with van der Waals surface area (Å²) >= 11 is 0. The number of carbonyl (C=O) groups excluding carboxylic acids is 1. The molecule has 0 bridgehead atoms. The zero-order valence-corrected chi connectivity index (χ0v) is 12.6. The van der Waals surface area contributed by atoms with Gasteiger partial charge in [0.1, 0.15) is 0 Å². The third-order valence-corrected chi connectivity index (χ3v) is 4.65. The minimum atomic E-state index is -0.213. The maximum atomic E-state index is 12.8. The first-order valence-corrected chi connectivity index (χ1v) is 7.66. The number of rotatable bonds is 4. The summed E-state index contributed by atoms with van der Waals surface area (Å²) in [4.78, 5) is 14.7. The maximum absolute atomic E-state index is 12.8. The molecule has 1 fully saturated rings. The zero-order chi connectivity index (χ0) is 14.5. The van der Waals surface area contributed by atoms with Gasteiger partial charge >= 0.3 is 0 Å². The first-order valence-electron chi connectivity index (χ1n) is 7.66. The highest BCUT2D eigenvalue weighted by atomic mass is 16.2. The molecule has 0 spiro atoms. The molecule has 20 heavy (non-hydrogen) atoms. The van der Waals surface area contributed by atoms with Crippen molar-refractivity contribution in [3.8, 4) is 0 Å². The molecule has 2 N–H and O–H groups in total. The molecule has 3 atom stereocenters. The van der Waals surface area contributed by atoms with Gasteiger partial charge in [-0.05, 0) is 24.3 Å². The lowest BCUT2D eigenvalue weighted by Crippen LogP contribution is -2.45. The summed E-state index contributed by atoms with van der Waals surface area (Å²) in [6.07, 6.45) is 4.86. The Labute approximate surface area is 122 Å². The van der Waals surface area contributed by atoms with Crippen molar-refractivity contribution in [3.63, 3.8) is 0 Å². The van der Waals surface area contributed by atoms with E-state index in [1.54, 1.807) is 0 Å². The van der Waals surface area contributed by atoms with E-state index >= 15 is 0 Å². The van der Waals surface area contributed by atoms with Crippen LogP contribution in [0.4, 0.5) is 0 Å². The molecule has 3 nitrogen and oxygen atoms in total. The maximum Gasteiger partial charge on any atom is 0.231 e. The van der Waals surface area contributed by atoms with Crippen LogP contribution in [0.5, 0.6) is 0 Å². The number of likely N-dealkylation sites (N-methyl/N-ethyl adjacent to an activating group) is 1. The van der Waals surface area contributed by atoms with Crippen LogP contribution in [-0.4, -0.2) is 30.4 Å². The minimum Gasteiger partial charge on any atom is -0.342 e. The molecule has 2 rings (SSSR count). The van der Waals surface area contributed by atoms with Crippen molar-refractivity contribution in [2.45, 2.75) is 44.6 Å². The lowest BCUT2D eigenvalue weighted by atomic mass is 9.84. The second kappa shape index (κ2) is 6.89. The van der Waals surface area contributed by atoms with Gasteiger partial charge in [-0.15, -0.1) is 0 Å². The lowest BCUT2D eigenvalue weighted by molar-refractivity contribution is -0.135. The molecular weight excluding hydrogens is 248 g/mol. The molecule has 0 saturated heterocycles. The van der Waals surface area contributed by atoms with E-state index in [1.807, 2.05) is 42.3 Å². The molecule has 1 saturated carbocycles. The van der Waals surface area contributed by atoms with Crippen LogP contribution in [0, 0.1) is 5.92 Å². The second-order valence-electron chi connectivity index (χ2n) is 5.98. The third-order valence-electron chi connectivity index (χ3n) is 4.65. The molecular formula is C17H26N2O. The quantitative estimate of drug-likeness (QED) is 0.917. The number of nitrogens with zero attached hydrogens (tertiary/aromatic N) is 1. The molecule has 3 heteroatoms. The average molecular weight is 274 g/mol. The fraction of sp³-hybridized carbons (Fsp3) is 0.588. The Bertz CT molecular complexity index is 432. The predicted octanol–water partition coefficient (Wildman–Crippen LogP) is 2.77. The van der Waals surface area contributed by atoms with Crippen molar-refractivity contribution in [1.29, 1.82) is 0 Å². The topological polar surface area (TPSA) is 46.3 Å². The Balaban J connectivity index is 2.12. The van der Waals surface area contributed by atoms with Crippen LogP contribution in [0.3, 0.4) is 0 Å². The van der Waals surface area contributed by atoms with Crippen molar-refractivity contribution < 1.29 is 4.79 Å². The SMILES string of the molecule is CC1CCCCC1N(C)C(=O)C(CN)c1ccccc1. The van der Waals surface area contributed by atoms with Crippen molar-refractivity contribution in [1.82, 2.24) is 4.90 Å². The van der Waals surface area contributed by atoms with Gasteiger partial charge < -0.3 is 10.6 Å². The Morgan fingerprint density at radius 3 is 2.55 bits per heavy atom. The van der Waals surface area contributed by atoms with Crippen molar-refractivity contribution in [2.24, 2.45) is 11.7 Å². The van der Waals surface area contributed by atoms with Gasteiger partial charge in [0.15, 0.2) is 0 Å². The van der Waals surface area contributed by atoms with Crippen LogP contribution in [0.25, 0.3) is 0 Å². The number of hydrogen-bond acceptors (Lipinski definition) is 2. The van der Waals surface area contributed by atoms with Gasteiger partial charge in [0.05, 0.1) is 5.92 Å². The fourth-order valence-corrected chi connectivity index (χ4v) is 3.35. The van der Waals surface area contributed by atoms with Crippen LogP contribution in [0.2, 0.25) is 0 Å². The first-order chi connectivity index (χ1) is 9.65. The number of carbonyl (C=O) groups is 1. The van der Waals surface area contributed by atoms with Gasteiger partial charge in [0, 0.05) is 19.6 Å². The van der Waals surface area contributed by atoms with E-state index in [1.165, 1.54) is 19.3 Å². The number of benzene rings is 1. The van der Waals surface area contributed by atoms with E-state index < -0.39 is 0 Å². The summed E-state index contributed by atoms with van der Waals surface area (Å²) in [5, 5.41) is 0. The summed E-state index contributed by atoms with van der Waals surface area (Å²) in [6, 6.07) is 10.3. The Morgan fingerprint density at radius 2 is 1.95 bits per heavy atom. The Kier molecular flexibility index (Phi) is 5.18. The van der Waals surface area contributed by atoms with Gasteiger partial charge in [-0.1, -0.05) is 50.1 Å². The molecule has 1 aromatic rings. The molecule has 3 unspecified atom stereocenters. The van der Waals surface area contributed by atoms with Crippen molar-refractivity contribution in [3.05, 3.63) is 35.9 Å². The predicted molar refractivity (Wildman–Crippen MR) is 82.4 cm³/mol. The minimum absolute atomic E-state index is 0.164. The van der Waals surface area contributed by atoms with E-state index in [0.717, 1.165) is 12.0 Å². The van der Waals surface area contributed by atoms with Gasteiger partial charge in [-0.2, -0.15) is 0 Å². The summed E-state index contributed by atoms with van der Waals surface area (Å²) < 4.78 is 0. The van der Waals surface area contributed by atoms with Crippen LogP contribution in [0.1, 0.15) is 44.1 Å². The van der Waals surface area contributed by atoms with Crippen LogP contribution < -0.4 is 5.73 Å². The number of amides is 1. The lowest BCUT2D eigenvalue weighted by Gasteiger charge is -2.37. The second-order valence-corrected chi connectivity index (χ2v) is 5.98. The van der Waals surface area contributed by atoms with Crippen LogP contribution >= 0.6 is 0 Å². The normalized spacial score (nSPS) is 24.1. The Hall–Kier alpha value is -1.35. The van der Waals surface area contributed by atoms with E-state index in [-0.39, 0.29) is 11.8 Å². The Morgan fingerprint density at radius 1 is 1.30 bits per heavy atom.